The van der Waals surface area contributed by atoms with E-state index >= 15 is 0 Å². The van der Waals surface area contributed by atoms with E-state index in [0.717, 1.165) is 0 Å². The Balaban J connectivity index is 2.04. The number of carbonyl (C=O) groups excluding carboxylic acids is 2. The van der Waals surface area contributed by atoms with Gasteiger partial charge in [-0.25, -0.2) is 0 Å². The number of aromatic nitrogens is 1. The number of hydrogen-bond donors (Lipinski definition) is 3. The summed E-state index contributed by atoms with van der Waals surface area (Å²) in [6.07, 6.45) is 1.37. The molecule has 0 saturated carbocycles. The summed E-state index contributed by atoms with van der Waals surface area (Å²) in [6, 6.07) is 6.95. The van der Waals surface area contributed by atoms with Gasteiger partial charge in [0.2, 0.25) is 11.3 Å². The molecule has 0 saturated heterocycles. The van der Waals surface area contributed by atoms with E-state index in [4.69, 9.17) is 5.73 Å². The first kappa shape index (κ1) is 18.7. The van der Waals surface area contributed by atoms with Gasteiger partial charge in [-0.15, -0.1) is 0 Å². The van der Waals surface area contributed by atoms with Crippen LogP contribution in [0, 0.1) is 5.41 Å². The van der Waals surface area contributed by atoms with E-state index in [1.54, 1.807) is 31.3 Å². The van der Waals surface area contributed by atoms with Crippen molar-refractivity contribution in [3.8, 4) is 0 Å². The second-order valence-corrected chi connectivity index (χ2v) is 6.88. The SMILES string of the molecule is CN(CC(C)(C)CN)C(=O)CNC(=O)c1c[nH]c2ccccc2c1=O. The Bertz CT molecular complexity index is 842. The lowest BCUT2D eigenvalue weighted by atomic mass is 9.93. The van der Waals surface area contributed by atoms with Crippen molar-refractivity contribution in [2.75, 3.05) is 26.7 Å². The molecule has 0 atom stereocenters. The first-order chi connectivity index (χ1) is 11.7. The van der Waals surface area contributed by atoms with E-state index in [1.807, 2.05) is 13.8 Å². The average Bonchev–Trinajstić information content (AvgIpc) is 2.59. The highest BCUT2D eigenvalue weighted by atomic mass is 16.2. The van der Waals surface area contributed by atoms with Crippen LogP contribution in [0.1, 0.15) is 24.2 Å². The van der Waals surface area contributed by atoms with Crippen molar-refractivity contribution in [2.24, 2.45) is 11.1 Å². The molecule has 0 aliphatic carbocycles. The zero-order valence-corrected chi connectivity index (χ0v) is 14.8. The van der Waals surface area contributed by atoms with Gasteiger partial charge in [-0.1, -0.05) is 26.0 Å². The van der Waals surface area contributed by atoms with Gasteiger partial charge >= 0.3 is 0 Å². The molecule has 1 aromatic heterocycles. The Morgan fingerprint density at radius 2 is 1.96 bits per heavy atom. The van der Waals surface area contributed by atoms with Crippen molar-refractivity contribution in [3.05, 3.63) is 46.2 Å². The first-order valence-corrected chi connectivity index (χ1v) is 8.08. The number of likely N-dealkylation sites (N-methyl/N-ethyl adjacent to an activating group) is 1. The van der Waals surface area contributed by atoms with Gasteiger partial charge in [0, 0.05) is 30.7 Å². The molecule has 2 aromatic rings. The Hall–Kier alpha value is -2.67. The molecule has 1 heterocycles. The van der Waals surface area contributed by atoms with Crippen molar-refractivity contribution in [1.82, 2.24) is 15.2 Å². The standard InChI is InChI=1S/C18H24N4O3/c1-18(2,10-19)11-22(3)15(23)9-21-17(25)13-8-20-14-7-5-4-6-12(14)16(13)24/h4-8H,9-11,19H2,1-3H3,(H,20,24)(H,21,25). The van der Waals surface area contributed by atoms with Crippen molar-refractivity contribution in [2.45, 2.75) is 13.8 Å². The van der Waals surface area contributed by atoms with Crippen LogP contribution in [0.5, 0.6) is 0 Å². The summed E-state index contributed by atoms with van der Waals surface area (Å²) in [6.45, 7) is 4.68. The van der Waals surface area contributed by atoms with Crippen LogP contribution in [0.4, 0.5) is 0 Å². The second-order valence-electron chi connectivity index (χ2n) is 6.88. The van der Waals surface area contributed by atoms with Crippen LogP contribution in [0.2, 0.25) is 0 Å². The Labute approximate surface area is 146 Å². The fourth-order valence-corrected chi connectivity index (χ4v) is 2.52. The Morgan fingerprint density at radius 1 is 1.28 bits per heavy atom. The summed E-state index contributed by atoms with van der Waals surface area (Å²) < 4.78 is 0. The third kappa shape index (κ3) is 4.45. The fourth-order valence-electron chi connectivity index (χ4n) is 2.52. The molecule has 1 aromatic carbocycles. The molecule has 0 aliphatic rings. The third-order valence-corrected chi connectivity index (χ3v) is 4.08. The predicted octanol–water partition coefficient (Wildman–Crippen LogP) is 0.701. The number of pyridine rings is 1. The normalized spacial score (nSPS) is 11.4. The molecular weight excluding hydrogens is 320 g/mol. The number of aromatic amines is 1. The van der Waals surface area contributed by atoms with Gasteiger partial charge in [0.1, 0.15) is 5.56 Å². The number of benzene rings is 1. The molecule has 0 aliphatic heterocycles. The van der Waals surface area contributed by atoms with Crippen LogP contribution in [0.3, 0.4) is 0 Å². The molecule has 0 unspecified atom stereocenters. The van der Waals surface area contributed by atoms with Crippen molar-refractivity contribution in [3.63, 3.8) is 0 Å². The lowest BCUT2D eigenvalue weighted by Crippen LogP contribution is -2.44. The number of amides is 2. The van der Waals surface area contributed by atoms with Gasteiger partial charge in [-0.3, -0.25) is 14.4 Å². The van der Waals surface area contributed by atoms with Gasteiger partial charge in [-0.2, -0.15) is 0 Å². The van der Waals surface area contributed by atoms with Gasteiger partial charge in [-0.05, 0) is 24.1 Å². The molecule has 2 amide bonds. The van der Waals surface area contributed by atoms with E-state index in [1.165, 1.54) is 11.1 Å². The van der Waals surface area contributed by atoms with Crippen LogP contribution in [-0.2, 0) is 4.79 Å². The zero-order valence-electron chi connectivity index (χ0n) is 14.8. The quantitative estimate of drug-likeness (QED) is 0.717. The first-order valence-electron chi connectivity index (χ1n) is 8.08. The number of para-hydroxylation sites is 1. The lowest BCUT2D eigenvalue weighted by molar-refractivity contribution is -0.130. The van der Waals surface area contributed by atoms with Crippen LogP contribution in [-0.4, -0.2) is 48.4 Å². The van der Waals surface area contributed by atoms with Crippen LogP contribution in [0.15, 0.2) is 35.3 Å². The van der Waals surface area contributed by atoms with Crippen molar-refractivity contribution < 1.29 is 9.59 Å². The highest BCUT2D eigenvalue weighted by Gasteiger charge is 2.22. The maximum absolute atomic E-state index is 12.4. The highest BCUT2D eigenvalue weighted by Crippen LogP contribution is 2.13. The smallest absolute Gasteiger partial charge is 0.257 e. The number of rotatable bonds is 6. The molecule has 7 nitrogen and oxygen atoms in total. The maximum atomic E-state index is 12.4. The molecule has 4 N–H and O–H groups in total. The minimum absolute atomic E-state index is 0.0172. The summed E-state index contributed by atoms with van der Waals surface area (Å²) in [5, 5.41) is 2.94. The van der Waals surface area contributed by atoms with Gasteiger partial charge in [0.25, 0.3) is 5.91 Å². The van der Waals surface area contributed by atoms with Crippen LogP contribution >= 0.6 is 0 Å². The minimum Gasteiger partial charge on any atom is -0.360 e. The number of carbonyl (C=O) groups is 2. The van der Waals surface area contributed by atoms with Crippen LogP contribution in [0.25, 0.3) is 10.9 Å². The third-order valence-electron chi connectivity index (χ3n) is 4.08. The average molecular weight is 344 g/mol. The summed E-state index contributed by atoms with van der Waals surface area (Å²) in [5.74, 6) is -0.820. The molecule has 0 radical (unpaired) electrons. The minimum atomic E-state index is -0.577. The monoisotopic (exact) mass is 344 g/mol. The summed E-state index contributed by atoms with van der Waals surface area (Å²) in [5.41, 5.74) is 5.74. The van der Waals surface area contributed by atoms with Crippen molar-refractivity contribution in [1.29, 1.82) is 0 Å². The molecule has 134 valence electrons. The largest absolute Gasteiger partial charge is 0.360 e. The number of nitrogens with two attached hydrogens (primary N) is 1. The topological polar surface area (TPSA) is 108 Å². The second kappa shape index (κ2) is 7.48. The van der Waals surface area contributed by atoms with E-state index < -0.39 is 5.91 Å². The molecule has 25 heavy (non-hydrogen) atoms. The van der Waals surface area contributed by atoms with Gasteiger partial charge in [0.05, 0.1) is 6.54 Å². The molecule has 0 bridgehead atoms. The number of fused-ring (bicyclic) bond motifs is 1. The molecule has 0 fully saturated rings. The summed E-state index contributed by atoms with van der Waals surface area (Å²) in [7, 11) is 1.66. The van der Waals surface area contributed by atoms with E-state index in [0.29, 0.717) is 24.0 Å². The maximum Gasteiger partial charge on any atom is 0.257 e. The van der Waals surface area contributed by atoms with Gasteiger partial charge in [0.15, 0.2) is 0 Å². The molecule has 7 heteroatoms. The Morgan fingerprint density at radius 3 is 2.64 bits per heavy atom. The van der Waals surface area contributed by atoms with Crippen LogP contribution < -0.4 is 16.5 Å². The fraction of sp³-hybridized carbons (Fsp3) is 0.389. The summed E-state index contributed by atoms with van der Waals surface area (Å²) >= 11 is 0. The zero-order chi connectivity index (χ0) is 18.6. The lowest BCUT2D eigenvalue weighted by Gasteiger charge is -2.29. The molecule has 0 spiro atoms. The molecule has 2 rings (SSSR count). The van der Waals surface area contributed by atoms with E-state index in [2.05, 4.69) is 10.3 Å². The number of nitrogens with zero attached hydrogens (tertiary/aromatic N) is 1. The number of nitrogens with one attached hydrogen (secondary N) is 2. The van der Waals surface area contributed by atoms with E-state index in [-0.39, 0.29) is 28.9 Å². The van der Waals surface area contributed by atoms with Crippen molar-refractivity contribution >= 4 is 22.7 Å². The highest BCUT2D eigenvalue weighted by molar-refractivity contribution is 5.98. The number of H-pyrrole nitrogens is 1. The number of hydrogen-bond acceptors (Lipinski definition) is 4. The summed E-state index contributed by atoms with van der Waals surface area (Å²) in [4.78, 5) is 41.2. The van der Waals surface area contributed by atoms with Gasteiger partial charge < -0.3 is 20.9 Å². The van der Waals surface area contributed by atoms with E-state index in [9.17, 15) is 14.4 Å². The molecular formula is C18H24N4O3. The predicted molar refractivity (Wildman–Crippen MR) is 97.4 cm³/mol. The Kier molecular flexibility index (Phi) is 5.58.